The van der Waals surface area contributed by atoms with Crippen LogP contribution in [0.1, 0.15) is 41.9 Å². The first kappa shape index (κ1) is 12.7. The molecule has 2 aromatic heterocycles. The predicted octanol–water partition coefficient (Wildman–Crippen LogP) is 1.72. The number of carbonyl (C=O) groups excluding carboxylic acids is 1. The standard InChI is InChI=1S/C14H16N4O2/c1-2-18-8-10(5-6-13(18)19)15-14(20)12-7-11(16-17-12)9-3-4-9/h5-9H,2-4H2,1H3,(H,15,20)(H,16,17). The Kier molecular flexibility index (Phi) is 3.14. The van der Waals surface area contributed by atoms with Crippen molar-refractivity contribution in [1.82, 2.24) is 14.8 Å². The highest BCUT2D eigenvalue weighted by molar-refractivity contribution is 6.02. The summed E-state index contributed by atoms with van der Waals surface area (Å²) >= 11 is 0. The minimum absolute atomic E-state index is 0.0821. The van der Waals surface area contributed by atoms with E-state index in [2.05, 4.69) is 15.5 Å². The number of aromatic amines is 1. The molecular weight excluding hydrogens is 256 g/mol. The van der Waals surface area contributed by atoms with Crippen molar-refractivity contribution in [2.24, 2.45) is 0 Å². The number of aryl methyl sites for hydroxylation is 1. The van der Waals surface area contributed by atoms with E-state index in [1.807, 2.05) is 6.92 Å². The average molecular weight is 272 g/mol. The molecule has 0 radical (unpaired) electrons. The van der Waals surface area contributed by atoms with Crippen molar-refractivity contribution in [2.45, 2.75) is 32.2 Å². The Morgan fingerprint density at radius 3 is 3.00 bits per heavy atom. The summed E-state index contributed by atoms with van der Waals surface area (Å²) in [6.45, 7) is 2.44. The third-order valence-corrected chi connectivity index (χ3v) is 3.43. The molecule has 0 bridgehead atoms. The quantitative estimate of drug-likeness (QED) is 0.889. The highest BCUT2D eigenvalue weighted by atomic mass is 16.2. The molecule has 6 heteroatoms. The monoisotopic (exact) mass is 272 g/mol. The molecule has 0 saturated heterocycles. The van der Waals surface area contributed by atoms with Gasteiger partial charge in [-0.15, -0.1) is 0 Å². The van der Waals surface area contributed by atoms with E-state index in [0.717, 1.165) is 18.5 Å². The highest BCUT2D eigenvalue weighted by Crippen LogP contribution is 2.38. The molecule has 0 unspecified atom stereocenters. The number of nitrogens with zero attached hydrogens (tertiary/aromatic N) is 2. The van der Waals surface area contributed by atoms with Crippen molar-refractivity contribution >= 4 is 11.6 Å². The van der Waals surface area contributed by atoms with Gasteiger partial charge in [0, 0.05) is 30.4 Å². The first-order chi connectivity index (χ1) is 9.67. The highest BCUT2D eigenvalue weighted by Gasteiger charge is 2.26. The van der Waals surface area contributed by atoms with Crippen LogP contribution >= 0.6 is 0 Å². The Morgan fingerprint density at radius 2 is 2.30 bits per heavy atom. The number of H-pyrrole nitrogens is 1. The van der Waals surface area contributed by atoms with Crippen molar-refractivity contribution in [3.63, 3.8) is 0 Å². The van der Waals surface area contributed by atoms with Crippen LogP contribution in [0.2, 0.25) is 0 Å². The zero-order chi connectivity index (χ0) is 14.1. The van der Waals surface area contributed by atoms with Crippen LogP contribution < -0.4 is 10.9 Å². The molecule has 1 amide bonds. The minimum atomic E-state index is -0.269. The van der Waals surface area contributed by atoms with E-state index >= 15 is 0 Å². The summed E-state index contributed by atoms with van der Waals surface area (Å²) in [6, 6.07) is 4.84. The Bertz CT molecular complexity index is 697. The number of carbonyl (C=O) groups is 1. The molecule has 1 saturated carbocycles. The summed E-state index contributed by atoms with van der Waals surface area (Å²) in [5.74, 6) is 0.264. The maximum absolute atomic E-state index is 12.1. The van der Waals surface area contributed by atoms with E-state index < -0.39 is 0 Å². The van der Waals surface area contributed by atoms with Gasteiger partial charge in [0.05, 0.1) is 5.69 Å². The van der Waals surface area contributed by atoms with Gasteiger partial charge in [-0.05, 0) is 31.9 Å². The molecule has 1 fully saturated rings. The largest absolute Gasteiger partial charge is 0.319 e. The van der Waals surface area contributed by atoms with Crippen LogP contribution in [0.15, 0.2) is 29.2 Å². The summed E-state index contributed by atoms with van der Waals surface area (Å²) in [7, 11) is 0. The molecule has 0 aromatic carbocycles. The molecule has 2 heterocycles. The number of nitrogens with one attached hydrogen (secondary N) is 2. The van der Waals surface area contributed by atoms with E-state index in [1.54, 1.807) is 18.3 Å². The third-order valence-electron chi connectivity index (χ3n) is 3.43. The Morgan fingerprint density at radius 1 is 1.50 bits per heavy atom. The number of aromatic nitrogens is 3. The zero-order valence-electron chi connectivity index (χ0n) is 11.2. The lowest BCUT2D eigenvalue weighted by molar-refractivity contribution is 0.102. The van der Waals surface area contributed by atoms with Gasteiger partial charge in [0.1, 0.15) is 0 Å². The predicted molar refractivity (Wildman–Crippen MR) is 74.9 cm³/mol. The normalized spacial score (nSPS) is 14.2. The Labute approximate surface area is 115 Å². The lowest BCUT2D eigenvalue weighted by Crippen LogP contribution is -2.19. The number of hydrogen-bond donors (Lipinski definition) is 2. The molecule has 20 heavy (non-hydrogen) atoms. The molecule has 2 N–H and O–H groups in total. The minimum Gasteiger partial charge on any atom is -0.319 e. The van der Waals surface area contributed by atoms with Gasteiger partial charge in [-0.3, -0.25) is 14.7 Å². The number of pyridine rings is 1. The fourth-order valence-electron chi connectivity index (χ4n) is 2.10. The Balaban J connectivity index is 1.75. The molecule has 0 aliphatic heterocycles. The smallest absolute Gasteiger partial charge is 0.276 e. The molecule has 1 aliphatic carbocycles. The third kappa shape index (κ3) is 2.49. The van der Waals surface area contributed by atoms with Crippen molar-refractivity contribution in [3.05, 3.63) is 46.1 Å². The van der Waals surface area contributed by atoms with Gasteiger partial charge >= 0.3 is 0 Å². The molecule has 6 nitrogen and oxygen atoms in total. The van der Waals surface area contributed by atoms with Crippen LogP contribution in [0.3, 0.4) is 0 Å². The van der Waals surface area contributed by atoms with E-state index in [-0.39, 0.29) is 11.5 Å². The van der Waals surface area contributed by atoms with Gasteiger partial charge < -0.3 is 9.88 Å². The summed E-state index contributed by atoms with van der Waals surface area (Å²) in [5.41, 5.74) is 1.91. The van der Waals surface area contributed by atoms with E-state index in [9.17, 15) is 9.59 Å². The lowest BCUT2D eigenvalue weighted by atomic mass is 10.2. The maximum Gasteiger partial charge on any atom is 0.276 e. The lowest BCUT2D eigenvalue weighted by Gasteiger charge is -2.06. The van der Waals surface area contributed by atoms with Crippen molar-refractivity contribution in [2.75, 3.05) is 5.32 Å². The van der Waals surface area contributed by atoms with E-state index in [1.165, 1.54) is 10.6 Å². The summed E-state index contributed by atoms with van der Waals surface area (Å²) < 4.78 is 1.54. The molecule has 2 aromatic rings. The summed E-state index contributed by atoms with van der Waals surface area (Å²) in [6.07, 6.45) is 3.95. The molecule has 104 valence electrons. The van der Waals surface area contributed by atoms with Crippen molar-refractivity contribution in [3.8, 4) is 0 Å². The first-order valence-electron chi connectivity index (χ1n) is 6.74. The van der Waals surface area contributed by atoms with Gasteiger partial charge in [0.15, 0.2) is 5.69 Å². The SMILES string of the molecule is CCn1cc(NC(=O)c2cc(C3CC3)[nH]n2)ccc1=O. The number of hydrogen-bond acceptors (Lipinski definition) is 3. The van der Waals surface area contributed by atoms with E-state index in [4.69, 9.17) is 0 Å². The average Bonchev–Trinajstić information content (AvgIpc) is 3.18. The molecule has 1 aliphatic rings. The van der Waals surface area contributed by atoms with Crippen LogP contribution in [0.25, 0.3) is 0 Å². The van der Waals surface area contributed by atoms with Gasteiger partial charge in [0.2, 0.25) is 0 Å². The maximum atomic E-state index is 12.1. The van der Waals surface area contributed by atoms with E-state index in [0.29, 0.717) is 23.8 Å². The second kappa shape index (κ2) is 4.96. The molecule has 0 spiro atoms. The van der Waals surface area contributed by atoms with Crippen LogP contribution in [-0.2, 0) is 6.54 Å². The fraction of sp³-hybridized carbons (Fsp3) is 0.357. The van der Waals surface area contributed by atoms with Gasteiger partial charge in [-0.25, -0.2) is 0 Å². The second-order valence-corrected chi connectivity index (χ2v) is 4.98. The number of rotatable bonds is 4. The molecule has 3 rings (SSSR count). The van der Waals surface area contributed by atoms with Crippen LogP contribution in [0.4, 0.5) is 5.69 Å². The van der Waals surface area contributed by atoms with Crippen molar-refractivity contribution in [1.29, 1.82) is 0 Å². The van der Waals surface area contributed by atoms with Gasteiger partial charge in [-0.2, -0.15) is 5.10 Å². The van der Waals surface area contributed by atoms with Crippen LogP contribution in [-0.4, -0.2) is 20.7 Å². The van der Waals surface area contributed by atoms with Crippen molar-refractivity contribution < 1.29 is 4.79 Å². The topological polar surface area (TPSA) is 79.8 Å². The molecular formula is C14H16N4O2. The first-order valence-corrected chi connectivity index (χ1v) is 6.74. The zero-order valence-corrected chi connectivity index (χ0v) is 11.2. The number of anilines is 1. The second-order valence-electron chi connectivity index (χ2n) is 4.98. The van der Waals surface area contributed by atoms with Gasteiger partial charge in [-0.1, -0.05) is 0 Å². The summed E-state index contributed by atoms with van der Waals surface area (Å²) in [5, 5.41) is 9.68. The summed E-state index contributed by atoms with van der Waals surface area (Å²) in [4.78, 5) is 23.6. The van der Waals surface area contributed by atoms with Crippen LogP contribution in [0.5, 0.6) is 0 Å². The van der Waals surface area contributed by atoms with Gasteiger partial charge in [0.25, 0.3) is 11.5 Å². The van der Waals surface area contributed by atoms with Crippen LogP contribution in [0, 0.1) is 0 Å². The fourth-order valence-corrected chi connectivity index (χ4v) is 2.10. The number of amides is 1. The molecule has 0 atom stereocenters. The Hall–Kier alpha value is -2.37.